The summed E-state index contributed by atoms with van der Waals surface area (Å²) >= 11 is 1.70. The number of nitrogens with zero attached hydrogens (tertiary/aromatic N) is 4. The van der Waals surface area contributed by atoms with Crippen LogP contribution in [0, 0.1) is 0 Å². The molecule has 0 spiro atoms. The molecule has 3 fully saturated rings. The Morgan fingerprint density at radius 3 is 2.54 bits per heavy atom. The Morgan fingerprint density at radius 1 is 1.21 bits per heavy atom. The van der Waals surface area contributed by atoms with Crippen molar-refractivity contribution in [3.05, 3.63) is 16.1 Å². The highest BCUT2D eigenvalue weighted by Crippen LogP contribution is 2.34. The van der Waals surface area contributed by atoms with Crippen molar-refractivity contribution in [3.8, 4) is 0 Å². The lowest BCUT2D eigenvalue weighted by Crippen LogP contribution is -2.54. The van der Waals surface area contributed by atoms with Crippen LogP contribution >= 0.6 is 11.3 Å². The summed E-state index contributed by atoms with van der Waals surface area (Å²) in [5.74, 6) is 0. The first-order chi connectivity index (χ1) is 11.6. The molecule has 4 rings (SSSR count). The van der Waals surface area contributed by atoms with Gasteiger partial charge in [0.25, 0.3) is 0 Å². The molecule has 0 bridgehead atoms. The van der Waals surface area contributed by atoms with Crippen LogP contribution in [-0.4, -0.2) is 90.4 Å². The van der Waals surface area contributed by atoms with Crippen LogP contribution in [0.3, 0.4) is 0 Å². The topological polar surface area (TPSA) is 52.1 Å². The molecule has 134 valence electrons. The van der Waals surface area contributed by atoms with Gasteiger partial charge in [0, 0.05) is 44.6 Å². The third kappa shape index (κ3) is 3.52. The number of piperidine rings is 1. The lowest BCUT2D eigenvalue weighted by atomic mass is 9.88. The fraction of sp³-hybridized carbons (Fsp3) is 0.824. The van der Waals surface area contributed by atoms with E-state index < -0.39 is 5.60 Å². The first-order valence-corrected chi connectivity index (χ1v) is 9.90. The van der Waals surface area contributed by atoms with Crippen molar-refractivity contribution >= 4 is 11.3 Å². The second kappa shape index (κ2) is 6.97. The molecule has 0 saturated carbocycles. The lowest BCUT2D eigenvalue weighted by Gasteiger charge is -2.43. The van der Waals surface area contributed by atoms with E-state index in [2.05, 4.69) is 27.1 Å². The molecule has 7 heteroatoms. The average Bonchev–Trinajstić information content (AvgIpc) is 3.00. The van der Waals surface area contributed by atoms with E-state index in [0.717, 1.165) is 82.6 Å². The predicted molar refractivity (Wildman–Crippen MR) is 94.2 cm³/mol. The maximum absolute atomic E-state index is 11.1. The maximum atomic E-state index is 11.1. The summed E-state index contributed by atoms with van der Waals surface area (Å²) in [6.45, 7) is 8.97. The highest BCUT2D eigenvalue weighted by molar-refractivity contribution is 7.09. The summed E-state index contributed by atoms with van der Waals surface area (Å²) in [5, 5.41) is 14.3. The minimum atomic E-state index is -0.738. The molecule has 3 aliphatic heterocycles. The number of likely N-dealkylation sites (tertiary alicyclic amines) is 1. The van der Waals surface area contributed by atoms with E-state index in [4.69, 9.17) is 9.72 Å². The van der Waals surface area contributed by atoms with Crippen molar-refractivity contribution in [2.45, 2.75) is 31.0 Å². The Labute approximate surface area is 148 Å². The molecule has 0 amide bonds. The first kappa shape index (κ1) is 16.9. The Hall–Kier alpha value is -0.570. The fourth-order valence-corrected chi connectivity index (χ4v) is 4.67. The van der Waals surface area contributed by atoms with Crippen LogP contribution in [0.1, 0.15) is 23.5 Å². The van der Waals surface area contributed by atoms with E-state index in [9.17, 15) is 5.11 Å². The van der Waals surface area contributed by atoms with Crippen molar-refractivity contribution < 1.29 is 9.84 Å². The Kier molecular flexibility index (Phi) is 4.90. The lowest BCUT2D eigenvalue weighted by molar-refractivity contribution is -0.102. The van der Waals surface area contributed by atoms with Crippen LogP contribution in [-0.2, 0) is 16.9 Å². The molecule has 0 unspecified atom stereocenters. The van der Waals surface area contributed by atoms with Crippen LogP contribution in [0.4, 0.5) is 0 Å². The van der Waals surface area contributed by atoms with Crippen LogP contribution in [0.15, 0.2) is 5.38 Å². The molecule has 0 aromatic carbocycles. The SMILES string of the molecule is CN1CCN(Cc2nc(C3(O)CCN(C4COC4)CC3)cs2)CC1. The third-order valence-corrected chi connectivity index (χ3v) is 6.58. The molecule has 0 radical (unpaired) electrons. The number of hydrogen-bond donors (Lipinski definition) is 1. The number of rotatable bonds is 4. The second-order valence-electron chi connectivity index (χ2n) is 7.46. The number of likely N-dealkylation sites (N-methyl/N-ethyl adjacent to an activating group) is 1. The van der Waals surface area contributed by atoms with Gasteiger partial charge >= 0.3 is 0 Å². The van der Waals surface area contributed by atoms with Crippen LogP contribution in [0.2, 0.25) is 0 Å². The fourth-order valence-electron chi connectivity index (χ4n) is 3.74. The van der Waals surface area contributed by atoms with E-state index in [1.807, 2.05) is 0 Å². The van der Waals surface area contributed by atoms with Gasteiger partial charge in [-0.05, 0) is 19.9 Å². The molecular formula is C17H28N4O2S. The quantitative estimate of drug-likeness (QED) is 0.855. The molecule has 0 atom stereocenters. The standard InChI is InChI=1S/C17H28N4O2S/c1-19-6-8-20(9-7-19)10-16-18-15(13-24-16)17(22)2-4-21(5-3-17)14-11-23-12-14/h13-14,22H,2-12H2,1H3. The normalized spacial score (nSPS) is 27.2. The molecule has 3 saturated heterocycles. The zero-order valence-corrected chi connectivity index (χ0v) is 15.3. The van der Waals surface area contributed by atoms with E-state index in [0.29, 0.717) is 6.04 Å². The predicted octanol–water partition coefficient (Wildman–Crippen LogP) is 0.573. The summed E-state index contributed by atoms with van der Waals surface area (Å²) in [5.41, 5.74) is 0.152. The molecular weight excluding hydrogens is 324 g/mol. The molecule has 1 aromatic heterocycles. The molecule has 1 N–H and O–H groups in total. The van der Waals surface area contributed by atoms with Gasteiger partial charge in [0.1, 0.15) is 10.6 Å². The van der Waals surface area contributed by atoms with Gasteiger partial charge in [-0.15, -0.1) is 11.3 Å². The second-order valence-corrected chi connectivity index (χ2v) is 8.41. The Morgan fingerprint density at radius 2 is 1.92 bits per heavy atom. The van der Waals surface area contributed by atoms with Crippen LogP contribution < -0.4 is 0 Å². The van der Waals surface area contributed by atoms with Gasteiger partial charge in [0.2, 0.25) is 0 Å². The number of aliphatic hydroxyl groups is 1. The summed E-state index contributed by atoms with van der Waals surface area (Å²) < 4.78 is 5.28. The minimum Gasteiger partial charge on any atom is -0.383 e. The van der Waals surface area contributed by atoms with Crippen molar-refractivity contribution in [3.63, 3.8) is 0 Å². The summed E-state index contributed by atoms with van der Waals surface area (Å²) in [6.07, 6.45) is 1.56. The zero-order chi connectivity index (χ0) is 16.6. The molecule has 4 heterocycles. The van der Waals surface area contributed by atoms with Gasteiger partial charge in [0.05, 0.1) is 31.5 Å². The number of piperazine rings is 1. The summed E-state index contributed by atoms with van der Waals surface area (Å²) in [4.78, 5) is 12.1. The Bertz CT molecular complexity index is 547. The molecule has 6 nitrogen and oxygen atoms in total. The van der Waals surface area contributed by atoms with Crippen LogP contribution in [0.5, 0.6) is 0 Å². The zero-order valence-electron chi connectivity index (χ0n) is 14.5. The van der Waals surface area contributed by atoms with Crippen molar-refractivity contribution in [1.29, 1.82) is 0 Å². The van der Waals surface area contributed by atoms with Gasteiger partial charge in [-0.2, -0.15) is 0 Å². The van der Waals surface area contributed by atoms with E-state index in [-0.39, 0.29) is 0 Å². The number of hydrogen-bond acceptors (Lipinski definition) is 7. The largest absolute Gasteiger partial charge is 0.383 e. The van der Waals surface area contributed by atoms with Gasteiger partial charge in [-0.3, -0.25) is 9.80 Å². The average molecular weight is 353 g/mol. The minimum absolute atomic E-state index is 0.567. The highest BCUT2D eigenvalue weighted by Gasteiger charge is 2.39. The number of aromatic nitrogens is 1. The van der Waals surface area contributed by atoms with Crippen molar-refractivity contribution in [2.75, 3.05) is 59.5 Å². The van der Waals surface area contributed by atoms with E-state index in [1.54, 1.807) is 11.3 Å². The first-order valence-electron chi connectivity index (χ1n) is 9.02. The van der Waals surface area contributed by atoms with Gasteiger partial charge in [0.15, 0.2) is 0 Å². The van der Waals surface area contributed by atoms with Crippen LogP contribution in [0.25, 0.3) is 0 Å². The smallest absolute Gasteiger partial charge is 0.110 e. The molecule has 3 aliphatic rings. The molecule has 0 aliphatic carbocycles. The van der Waals surface area contributed by atoms with Gasteiger partial charge < -0.3 is 14.7 Å². The third-order valence-electron chi connectivity index (χ3n) is 5.75. The molecule has 24 heavy (non-hydrogen) atoms. The van der Waals surface area contributed by atoms with E-state index in [1.165, 1.54) is 0 Å². The highest BCUT2D eigenvalue weighted by atomic mass is 32.1. The maximum Gasteiger partial charge on any atom is 0.110 e. The summed E-state index contributed by atoms with van der Waals surface area (Å²) in [7, 11) is 2.18. The van der Waals surface area contributed by atoms with Crippen molar-refractivity contribution in [1.82, 2.24) is 19.7 Å². The number of thiazole rings is 1. The van der Waals surface area contributed by atoms with Gasteiger partial charge in [-0.1, -0.05) is 0 Å². The van der Waals surface area contributed by atoms with Crippen molar-refractivity contribution in [2.24, 2.45) is 0 Å². The van der Waals surface area contributed by atoms with E-state index >= 15 is 0 Å². The molecule has 1 aromatic rings. The summed E-state index contributed by atoms with van der Waals surface area (Å²) in [6, 6.07) is 0.567. The Balaban J connectivity index is 1.34. The monoisotopic (exact) mass is 352 g/mol. The number of ether oxygens (including phenoxy) is 1. The van der Waals surface area contributed by atoms with Gasteiger partial charge in [-0.25, -0.2) is 4.98 Å².